The van der Waals surface area contributed by atoms with Crippen molar-refractivity contribution in [3.05, 3.63) is 101 Å². The largest absolute Gasteiger partial charge is 0.481 e. The Balaban J connectivity index is 1.25. The van der Waals surface area contributed by atoms with E-state index in [4.69, 9.17) is 9.84 Å². The van der Waals surface area contributed by atoms with Gasteiger partial charge in [-0.15, -0.1) is 0 Å². The molecule has 6 heteroatoms. The lowest BCUT2D eigenvalue weighted by molar-refractivity contribution is -0.136. The summed E-state index contributed by atoms with van der Waals surface area (Å²) in [6, 6.07) is 20.7. The van der Waals surface area contributed by atoms with Gasteiger partial charge < -0.3 is 15.2 Å². The van der Waals surface area contributed by atoms with E-state index in [1.54, 1.807) is 24.3 Å². The molecule has 0 aliphatic heterocycles. The van der Waals surface area contributed by atoms with Gasteiger partial charge in [0.1, 0.15) is 12.4 Å². The molecule has 0 bridgehead atoms. The summed E-state index contributed by atoms with van der Waals surface area (Å²) in [5.74, 6) is -1.47. The van der Waals surface area contributed by atoms with Gasteiger partial charge in [0.15, 0.2) is 0 Å². The minimum Gasteiger partial charge on any atom is -0.481 e. The molecule has 0 saturated heterocycles. The maximum Gasteiger partial charge on any atom is 0.407 e. The molecule has 0 spiro atoms. The van der Waals surface area contributed by atoms with Crippen LogP contribution in [0, 0.1) is 5.82 Å². The number of benzene rings is 3. The highest BCUT2D eigenvalue weighted by atomic mass is 19.1. The van der Waals surface area contributed by atoms with Crippen LogP contribution in [0.15, 0.2) is 72.8 Å². The van der Waals surface area contributed by atoms with Gasteiger partial charge in [0.2, 0.25) is 0 Å². The summed E-state index contributed by atoms with van der Waals surface area (Å²) in [7, 11) is 0. The zero-order valence-corrected chi connectivity index (χ0v) is 18.0. The van der Waals surface area contributed by atoms with E-state index in [0.717, 1.165) is 11.1 Å². The van der Waals surface area contributed by atoms with Gasteiger partial charge in [-0.1, -0.05) is 72.8 Å². The van der Waals surface area contributed by atoms with E-state index < -0.39 is 17.9 Å². The number of hydrogen-bond donors (Lipinski definition) is 2. The van der Waals surface area contributed by atoms with Gasteiger partial charge in [-0.2, -0.15) is 0 Å². The van der Waals surface area contributed by atoms with Crippen LogP contribution in [0.1, 0.15) is 34.6 Å². The molecule has 0 unspecified atom stereocenters. The quantitative estimate of drug-likeness (QED) is 0.456. The van der Waals surface area contributed by atoms with Crippen molar-refractivity contribution < 1.29 is 23.8 Å². The number of amides is 1. The molecule has 0 aromatic heterocycles. The van der Waals surface area contributed by atoms with Crippen molar-refractivity contribution in [1.29, 1.82) is 0 Å². The first-order chi connectivity index (χ1) is 16.0. The fourth-order valence-electron chi connectivity index (χ4n) is 4.11. The molecular weight excluding hydrogens is 421 g/mol. The second kappa shape index (κ2) is 10.1. The number of carbonyl (C=O) groups excluding carboxylic acids is 1. The summed E-state index contributed by atoms with van der Waals surface area (Å²) in [6.07, 6.45) is 3.15. The number of fused-ring (bicyclic) bond motifs is 3. The first kappa shape index (κ1) is 22.3. The number of ether oxygens (including phenoxy) is 1. The molecule has 0 radical (unpaired) electrons. The smallest absolute Gasteiger partial charge is 0.407 e. The van der Waals surface area contributed by atoms with Crippen molar-refractivity contribution in [3.8, 4) is 11.1 Å². The molecule has 1 aliphatic rings. The number of hydrogen-bond acceptors (Lipinski definition) is 3. The molecule has 33 heavy (non-hydrogen) atoms. The van der Waals surface area contributed by atoms with Crippen LogP contribution in [-0.4, -0.2) is 30.3 Å². The Morgan fingerprint density at radius 2 is 1.67 bits per heavy atom. The molecule has 0 saturated carbocycles. The molecule has 0 atom stereocenters. The van der Waals surface area contributed by atoms with Crippen molar-refractivity contribution in [2.24, 2.45) is 0 Å². The van der Waals surface area contributed by atoms with Gasteiger partial charge in [-0.3, -0.25) is 4.79 Å². The van der Waals surface area contributed by atoms with Crippen LogP contribution >= 0.6 is 0 Å². The average Bonchev–Trinajstić information content (AvgIpc) is 3.12. The number of carbonyl (C=O) groups is 2. The number of nitrogens with one attached hydrogen (secondary N) is 1. The van der Waals surface area contributed by atoms with Gasteiger partial charge in [0.25, 0.3) is 0 Å². The first-order valence-corrected chi connectivity index (χ1v) is 10.8. The molecule has 5 nitrogen and oxygen atoms in total. The zero-order chi connectivity index (χ0) is 23.2. The van der Waals surface area contributed by atoms with E-state index in [1.165, 1.54) is 17.2 Å². The minimum atomic E-state index is -1.00. The SMILES string of the molecule is O=C(O)Cc1ccc(C=CCCNC(=O)OCC2c3ccccc3-c3ccccc32)c(F)c1. The van der Waals surface area contributed by atoms with E-state index >= 15 is 0 Å². The maximum atomic E-state index is 14.1. The summed E-state index contributed by atoms with van der Waals surface area (Å²) < 4.78 is 19.5. The third-order valence-corrected chi connectivity index (χ3v) is 5.64. The monoisotopic (exact) mass is 445 g/mol. The Morgan fingerprint density at radius 3 is 2.30 bits per heavy atom. The van der Waals surface area contributed by atoms with Gasteiger partial charge >= 0.3 is 12.1 Å². The fraction of sp³-hybridized carbons (Fsp3) is 0.185. The van der Waals surface area contributed by atoms with Crippen molar-refractivity contribution in [2.45, 2.75) is 18.8 Å². The Morgan fingerprint density at radius 1 is 1.00 bits per heavy atom. The first-order valence-electron chi connectivity index (χ1n) is 10.8. The molecule has 3 aromatic carbocycles. The lowest BCUT2D eigenvalue weighted by Gasteiger charge is -2.14. The average molecular weight is 445 g/mol. The van der Waals surface area contributed by atoms with Gasteiger partial charge in [-0.25, -0.2) is 9.18 Å². The summed E-state index contributed by atoms with van der Waals surface area (Å²) in [5, 5.41) is 11.5. The highest BCUT2D eigenvalue weighted by Crippen LogP contribution is 2.44. The van der Waals surface area contributed by atoms with Crippen LogP contribution in [-0.2, 0) is 16.0 Å². The molecule has 4 rings (SSSR count). The second-order valence-corrected chi connectivity index (χ2v) is 7.87. The van der Waals surface area contributed by atoms with Crippen LogP contribution in [0.25, 0.3) is 17.2 Å². The highest BCUT2D eigenvalue weighted by Gasteiger charge is 2.28. The Labute approximate surface area is 191 Å². The number of carboxylic acid groups (broad SMARTS) is 1. The number of halogens is 1. The predicted octanol–water partition coefficient (Wildman–Crippen LogP) is 5.39. The van der Waals surface area contributed by atoms with Crippen molar-refractivity contribution in [1.82, 2.24) is 5.32 Å². The van der Waals surface area contributed by atoms with E-state index in [9.17, 15) is 14.0 Å². The lowest BCUT2D eigenvalue weighted by atomic mass is 9.98. The Kier molecular flexibility index (Phi) is 6.83. The third kappa shape index (κ3) is 5.29. The molecule has 1 aliphatic carbocycles. The van der Waals surface area contributed by atoms with Crippen LogP contribution in [0.3, 0.4) is 0 Å². The van der Waals surface area contributed by atoms with Crippen molar-refractivity contribution in [3.63, 3.8) is 0 Å². The molecular formula is C27H24FNO4. The van der Waals surface area contributed by atoms with Gasteiger partial charge in [-0.05, 0) is 40.3 Å². The Bertz CT molecular complexity index is 1160. The van der Waals surface area contributed by atoms with E-state index in [0.29, 0.717) is 24.1 Å². The van der Waals surface area contributed by atoms with Crippen LogP contribution in [0.2, 0.25) is 0 Å². The number of alkyl carbamates (subject to hydrolysis) is 1. The summed E-state index contributed by atoms with van der Waals surface area (Å²) in [4.78, 5) is 22.9. The van der Waals surface area contributed by atoms with E-state index in [2.05, 4.69) is 29.6 Å². The van der Waals surface area contributed by atoms with Crippen LogP contribution in [0.5, 0.6) is 0 Å². The normalized spacial score (nSPS) is 12.4. The minimum absolute atomic E-state index is 0.00937. The number of carboxylic acids is 1. The second-order valence-electron chi connectivity index (χ2n) is 7.87. The van der Waals surface area contributed by atoms with Gasteiger partial charge in [0.05, 0.1) is 6.42 Å². The van der Waals surface area contributed by atoms with Crippen LogP contribution < -0.4 is 5.32 Å². The fourth-order valence-corrected chi connectivity index (χ4v) is 4.11. The highest BCUT2D eigenvalue weighted by molar-refractivity contribution is 5.79. The standard InChI is InChI=1S/C27H24FNO4/c28-25-15-18(16-26(30)31)12-13-19(25)7-5-6-14-29-27(32)33-17-24-22-10-3-1-8-20(22)21-9-2-4-11-23(21)24/h1-5,7-13,15,24H,6,14,16-17H2,(H,29,32)(H,30,31). The van der Waals surface area contributed by atoms with E-state index in [1.807, 2.05) is 24.3 Å². The molecule has 0 heterocycles. The van der Waals surface area contributed by atoms with E-state index in [-0.39, 0.29) is 18.9 Å². The number of rotatable bonds is 8. The molecule has 1 amide bonds. The lowest BCUT2D eigenvalue weighted by Crippen LogP contribution is -2.26. The molecule has 168 valence electrons. The molecule has 2 N–H and O–H groups in total. The number of aliphatic carboxylic acids is 1. The summed E-state index contributed by atoms with van der Waals surface area (Å²) >= 11 is 0. The predicted molar refractivity (Wildman–Crippen MR) is 124 cm³/mol. The summed E-state index contributed by atoms with van der Waals surface area (Å²) in [6.45, 7) is 0.607. The maximum absolute atomic E-state index is 14.1. The van der Waals surface area contributed by atoms with Gasteiger partial charge in [0, 0.05) is 18.0 Å². The Hall–Kier alpha value is -3.93. The third-order valence-electron chi connectivity index (χ3n) is 5.64. The van der Waals surface area contributed by atoms with Crippen LogP contribution in [0.4, 0.5) is 9.18 Å². The van der Waals surface area contributed by atoms with Crippen molar-refractivity contribution in [2.75, 3.05) is 13.2 Å². The molecule has 0 fully saturated rings. The zero-order valence-electron chi connectivity index (χ0n) is 18.0. The molecule has 3 aromatic rings. The summed E-state index contributed by atoms with van der Waals surface area (Å²) in [5.41, 5.74) is 5.45. The topological polar surface area (TPSA) is 75.6 Å². The van der Waals surface area contributed by atoms with Crippen molar-refractivity contribution >= 4 is 18.1 Å².